The van der Waals surface area contributed by atoms with Crippen LogP contribution >= 0.6 is 0 Å². The van der Waals surface area contributed by atoms with Crippen molar-refractivity contribution in [2.45, 2.75) is 26.5 Å². The maximum Gasteiger partial charge on any atom is 0.338 e. The highest BCUT2D eigenvalue weighted by Gasteiger charge is 2.10. The minimum atomic E-state index is -0.402. The molecule has 6 heteroatoms. The number of carbonyl (C=O) groups excluding carboxylic acids is 1. The van der Waals surface area contributed by atoms with Gasteiger partial charge in [-0.25, -0.2) is 9.78 Å². The van der Waals surface area contributed by atoms with Crippen molar-refractivity contribution < 1.29 is 14.3 Å². The maximum atomic E-state index is 12.7. The molecule has 0 spiro atoms. The van der Waals surface area contributed by atoms with Gasteiger partial charge in [0, 0.05) is 6.54 Å². The second-order valence-electron chi connectivity index (χ2n) is 7.42. The van der Waals surface area contributed by atoms with E-state index in [4.69, 9.17) is 9.47 Å². The standard InChI is InChI=1S/C26H24N2O4/c1-19-27-24-11-6-5-10-23(24)25(29)28(19)16-7-17-31-26(30)21-12-14-22(15-13-21)32-18-20-8-3-2-4-9-20/h2-6,8-15H,7,16-18H2,1H3. The first-order chi connectivity index (χ1) is 15.6. The Bertz CT molecular complexity index is 1260. The molecule has 0 unspecified atom stereocenters. The second-order valence-corrected chi connectivity index (χ2v) is 7.42. The van der Waals surface area contributed by atoms with Crippen molar-refractivity contribution in [3.8, 4) is 5.75 Å². The summed E-state index contributed by atoms with van der Waals surface area (Å²) < 4.78 is 12.7. The molecule has 0 saturated carbocycles. The average molecular weight is 428 g/mol. The molecule has 0 aliphatic carbocycles. The Morgan fingerprint density at radius 1 is 0.938 bits per heavy atom. The van der Waals surface area contributed by atoms with E-state index in [1.807, 2.05) is 48.5 Å². The molecule has 0 N–H and O–H groups in total. The highest BCUT2D eigenvalue weighted by atomic mass is 16.5. The van der Waals surface area contributed by atoms with Crippen molar-refractivity contribution in [1.82, 2.24) is 9.55 Å². The lowest BCUT2D eigenvalue weighted by Crippen LogP contribution is -2.24. The minimum absolute atomic E-state index is 0.0782. The van der Waals surface area contributed by atoms with Gasteiger partial charge in [0.25, 0.3) is 5.56 Å². The molecule has 0 atom stereocenters. The van der Waals surface area contributed by atoms with E-state index in [1.165, 1.54) is 0 Å². The van der Waals surface area contributed by atoms with Crippen molar-refractivity contribution in [2.24, 2.45) is 0 Å². The third kappa shape index (κ3) is 5.03. The van der Waals surface area contributed by atoms with Crippen LogP contribution in [0.2, 0.25) is 0 Å². The first-order valence-corrected chi connectivity index (χ1v) is 10.5. The zero-order valence-electron chi connectivity index (χ0n) is 17.9. The van der Waals surface area contributed by atoms with Crippen LogP contribution in [0.15, 0.2) is 83.7 Å². The van der Waals surface area contributed by atoms with Crippen molar-refractivity contribution in [3.63, 3.8) is 0 Å². The molecule has 4 rings (SSSR count). The number of hydrogen-bond donors (Lipinski definition) is 0. The normalized spacial score (nSPS) is 10.8. The summed E-state index contributed by atoms with van der Waals surface area (Å²) >= 11 is 0. The molecular weight excluding hydrogens is 404 g/mol. The molecule has 0 amide bonds. The third-order valence-electron chi connectivity index (χ3n) is 5.15. The average Bonchev–Trinajstić information content (AvgIpc) is 2.83. The monoisotopic (exact) mass is 428 g/mol. The lowest BCUT2D eigenvalue weighted by Gasteiger charge is -2.11. The number of carbonyl (C=O) groups is 1. The summed E-state index contributed by atoms with van der Waals surface area (Å²) in [6, 6.07) is 24.0. The zero-order valence-corrected chi connectivity index (χ0v) is 17.9. The van der Waals surface area contributed by atoms with Crippen molar-refractivity contribution in [3.05, 3.63) is 106 Å². The highest BCUT2D eigenvalue weighted by Crippen LogP contribution is 2.15. The van der Waals surface area contributed by atoms with E-state index in [-0.39, 0.29) is 12.2 Å². The van der Waals surface area contributed by atoms with Gasteiger partial charge in [-0.15, -0.1) is 0 Å². The number of para-hydroxylation sites is 1. The molecule has 3 aromatic carbocycles. The zero-order chi connectivity index (χ0) is 22.3. The number of fused-ring (bicyclic) bond motifs is 1. The summed E-state index contributed by atoms with van der Waals surface area (Å²) in [5.74, 6) is 0.926. The number of rotatable bonds is 8. The Kier molecular flexibility index (Phi) is 6.60. The Hall–Kier alpha value is -3.93. The van der Waals surface area contributed by atoms with Crippen molar-refractivity contribution in [1.29, 1.82) is 0 Å². The molecule has 162 valence electrons. The Labute approximate surface area is 186 Å². The number of aryl methyl sites for hydroxylation is 1. The summed E-state index contributed by atoms with van der Waals surface area (Å²) in [5, 5.41) is 0.588. The van der Waals surface area contributed by atoms with Gasteiger partial charge >= 0.3 is 5.97 Å². The molecule has 6 nitrogen and oxygen atoms in total. The summed E-state index contributed by atoms with van der Waals surface area (Å²) in [4.78, 5) is 29.5. The highest BCUT2D eigenvalue weighted by molar-refractivity contribution is 5.89. The van der Waals surface area contributed by atoms with Crippen LogP contribution in [0.25, 0.3) is 10.9 Å². The number of nitrogens with zero attached hydrogens (tertiary/aromatic N) is 2. The van der Waals surface area contributed by atoms with Gasteiger partial charge < -0.3 is 9.47 Å². The molecule has 0 aliphatic rings. The van der Waals surface area contributed by atoms with Crippen LogP contribution < -0.4 is 10.3 Å². The van der Waals surface area contributed by atoms with Crippen LogP contribution in [0, 0.1) is 6.92 Å². The maximum absolute atomic E-state index is 12.7. The number of esters is 1. The first-order valence-electron chi connectivity index (χ1n) is 10.5. The number of ether oxygens (including phenoxy) is 2. The van der Waals surface area contributed by atoms with Gasteiger partial charge in [-0.3, -0.25) is 9.36 Å². The van der Waals surface area contributed by atoms with E-state index in [2.05, 4.69) is 4.98 Å². The fourth-order valence-electron chi connectivity index (χ4n) is 3.44. The van der Waals surface area contributed by atoms with E-state index < -0.39 is 5.97 Å². The molecule has 1 heterocycles. The van der Waals surface area contributed by atoms with E-state index in [0.29, 0.717) is 47.6 Å². The third-order valence-corrected chi connectivity index (χ3v) is 5.15. The largest absolute Gasteiger partial charge is 0.489 e. The predicted octanol–water partition coefficient (Wildman–Crippen LogP) is 4.53. The summed E-state index contributed by atoms with van der Waals surface area (Å²) in [6.07, 6.45) is 0.519. The van der Waals surface area contributed by atoms with Gasteiger partial charge in [0.1, 0.15) is 18.2 Å². The smallest absolute Gasteiger partial charge is 0.338 e. The molecule has 32 heavy (non-hydrogen) atoms. The lowest BCUT2D eigenvalue weighted by atomic mass is 10.2. The SMILES string of the molecule is Cc1nc2ccccc2c(=O)n1CCCOC(=O)c1ccc(OCc2ccccc2)cc1. The molecule has 0 saturated heterocycles. The van der Waals surface area contributed by atoms with Crippen molar-refractivity contribution in [2.75, 3.05) is 6.61 Å². The summed E-state index contributed by atoms with van der Waals surface area (Å²) in [5.41, 5.74) is 2.14. The van der Waals surface area contributed by atoms with Crippen LogP contribution in [0.4, 0.5) is 0 Å². The fourth-order valence-corrected chi connectivity index (χ4v) is 3.44. The van der Waals surface area contributed by atoms with Gasteiger partial charge in [-0.05, 0) is 55.3 Å². The number of benzene rings is 3. The number of hydrogen-bond acceptors (Lipinski definition) is 5. The molecule has 1 aromatic heterocycles. The Morgan fingerprint density at radius 2 is 1.66 bits per heavy atom. The Morgan fingerprint density at radius 3 is 2.44 bits per heavy atom. The van der Waals surface area contributed by atoms with Gasteiger partial charge in [0.2, 0.25) is 0 Å². The second kappa shape index (κ2) is 9.92. The van der Waals surface area contributed by atoms with Crippen LogP contribution in [-0.2, 0) is 17.9 Å². The first kappa shape index (κ1) is 21.3. The van der Waals surface area contributed by atoms with E-state index >= 15 is 0 Å². The van der Waals surface area contributed by atoms with Gasteiger partial charge in [-0.1, -0.05) is 42.5 Å². The molecule has 0 bridgehead atoms. The number of aromatic nitrogens is 2. The Balaban J connectivity index is 1.28. The van der Waals surface area contributed by atoms with Crippen LogP contribution in [0.3, 0.4) is 0 Å². The van der Waals surface area contributed by atoms with Crippen LogP contribution in [-0.4, -0.2) is 22.1 Å². The van der Waals surface area contributed by atoms with Crippen molar-refractivity contribution >= 4 is 16.9 Å². The fraction of sp³-hybridized carbons (Fsp3) is 0.192. The topological polar surface area (TPSA) is 70.4 Å². The van der Waals surface area contributed by atoms with E-state index in [0.717, 1.165) is 5.56 Å². The van der Waals surface area contributed by atoms with E-state index in [9.17, 15) is 9.59 Å². The summed E-state index contributed by atoms with van der Waals surface area (Å²) in [7, 11) is 0. The van der Waals surface area contributed by atoms with Gasteiger partial charge in [0.15, 0.2) is 0 Å². The summed E-state index contributed by atoms with van der Waals surface area (Å²) in [6.45, 7) is 2.92. The quantitative estimate of drug-likeness (QED) is 0.305. The molecular formula is C26H24N2O4. The van der Waals surface area contributed by atoms with Gasteiger partial charge in [-0.2, -0.15) is 0 Å². The molecule has 0 aliphatic heterocycles. The van der Waals surface area contributed by atoms with Gasteiger partial charge in [0.05, 0.1) is 23.1 Å². The van der Waals surface area contributed by atoms with Crippen LogP contribution in [0.1, 0.15) is 28.2 Å². The van der Waals surface area contributed by atoms with Crippen LogP contribution in [0.5, 0.6) is 5.75 Å². The molecule has 0 fully saturated rings. The molecule has 4 aromatic rings. The lowest BCUT2D eigenvalue weighted by molar-refractivity contribution is 0.0495. The predicted molar refractivity (Wildman–Crippen MR) is 123 cm³/mol. The van der Waals surface area contributed by atoms with E-state index in [1.54, 1.807) is 41.8 Å². The molecule has 0 radical (unpaired) electrons. The minimum Gasteiger partial charge on any atom is -0.489 e.